The largest absolute Gasteiger partial charge is 0.345 e. The average molecular weight is 320 g/mol. The molecule has 2 aromatic carbocycles. The molecule has 2 heterocycles. The number of aromatic nitrogens is 2. The monoisotopic (exact) mass is 320 g/mol. The first-order valence-corrected chi connectivity index (χ1v) is 8.29. The van der Waals surface area contributed by atoms with Crippen molar-refractivity contribution in [1.82, 2.24) is 20.2 Å². The zero-order valence-corrected chi connectivity index (χ0v) is 13.4. The highest BCUT2D eigenvalue weighted by molar-refractivity contribution is 5.76. The number of imidazole rings is 1. The van der Waals surface area contributed by atoms with Gasteiger partial charge >= 0.3 is 6.03 Å². The van der Waals surface area contributed by atoms with Gasteiger partial charge in [0.15, 0.2) is 0 Å². The number of carbonyl (C=O) groups excluding carboxylic acids is 1. The van der Waals surface area contributed by atoms with Crippen LogP contribution in [0.1, 0.15) is 23.5 Å². The average Bonchev–Trinajstić information content (AvgIpc) is 3.29. The summed E-state index contributed by atoms with van der Waals surface area (Å²) in [5.41, 5.74) is 4.32. The third-order valence-corrected chi connectivity index (χ3v) is 4.67. The van der Waals surface area contributed by atoms with Crippen molar-refractivity contribution in [2.24, 2.45) is 0 Å². The van der Waals surface area contributed by atoms with Crippen LogP contribution in [0.25, 0.3) is 11.0 Å². The standard InChI is InChI=1S/C19H20N4O/c24-19(20-11-14-6-7-17-18(10-14)22-13-21-17)23-9-8-16(12-23)15-4-2-1-3-5-15/h1-7,10,13,16H,8-9,11-12H2,(H,20,24)(H,21,22). The quantitative estimate of drug-likeness (QED) is 0.778. The van der Waals surface area contributed by atoms with Crippen molar-refractivity contribution in [2.75, 3.05) is 13.1 Å². The zero-order valence-electron chi connectivity index (χ0n) is 13.4. The lowest BCUT2D eigenvalue weighted by atomic mass is 9.99. The number of nitrogens with zero attached hydrogens (tertiary/aromatic N) is 2. The van der Waals surface area contributed by atoms with E-state index < -0.39 is 0 Å². The fourth-order valence-corrected chi connectivity index (χ4v) is 3.32. The third kappa shape index (κ3) is 2.97. The van der Waals surface area contributed by atoms with Crippen molar-refractivity contribution in [3.63, 3.8) is 0 Å². The summed E-state index contributed by atoms with van der Waals surface area (Å²) in [6.45, 7) is 2.13. The Bertz CT molecular complexity index is 843. The molecule has 0 saturated carbocycles. The van der Waals surface area contributed by atoms with Crippen molar-refractivity contribution in [1.29, 1.82) is 0 Å². The molecule has 0 radical (unpaired) electrons. The van der Waals surface area contributed by atoms with E-state index in [0.717, 1.165) is 36.1 Å². The summed E-state index contributed by atoms with van der Waals surface area (Å²) < 4.78 is 0. The molecule has 2 N–H and O–H groups in total. The molecular weight excluding hydrogens is 300 g/mol. The Morgan fingerprint density at radius 3 is 3.00 bits per heavy atom. The molecule has 0 spiro atoms. The normalized spacial score (nSPS) is 17.3. The number of hydrogen-bond acceptors (Lipinski definition) is 2. The highest BCUT2D eigenvalue weighted by atomic mass is 16.2. The molecule has 1 atom stereocenters. The minimum atomic E-state index is 0.0122. The molecule has 0 bridgehead atoms. The minimum Gasteiger partial charge on any atom is -0.345 e. The number of H-pyrrole nitrogens is 1. The van der Waals surface area contributed by atoms with Crippen molar-refractivity contribution in [2.45, 2.75) is 18.9 Å². The summed E-state index contributed by atoms with van der Waals surface area (Å²) in [4.78, 5) is 21.6. The maximum Gasteiger partial charge on any atom is 0.317 e. The first-order valence-electron chi connectivity index (χ1n) is 8.29. The molecular formula is C19H20N4O. The summed E-state index contributed by atoms with van der Waals surface area (Å²) in [5.74, 6) is 0.443. The summed E-state index contributed by atoms with van der Waals surface area (Å²) in [6, 6.07) is 16.4. The van der Waals surface area contributed by atoms with E-state index >= 15 is 0 Å². The number of nitrogens with one attached hydrogen (secondary N) is 2. The Morgan fingerprint density at radius 1 is 1.25 bits per heavy atom. The van der Waals surface area contributed by atoms with Crippen LogP contribution in [0.5, 0.6) is 0 Å². The van der Waals surface area contributed by atoms with E-state index in [9.17, 15) is 4.79 Å². The van der Waals surface area contributed by atoms with Crippen LogP contribution in [0.15, 0.2) is 54.9 Å². The number of rotatable bonds is 3. The predicted molar refractivity (Wildman–Crippen MR) is 93.7 cm³/mol. The molecule has 5 nitrogen and oxygen atoms in total. The smallest absolute Gasteiger partial charge is 0.317 e. The van der Waals surface area contributed by atoms with E-state index in [1.165, 1.54) is 5.56 Å². The Hall–Kier alpha value is -2.82. The van der Waals surface area contributed by atoms with E-state index in [-0.39, 0.29) is 6.03 Å². The Kier molecular flexibility index (Phi) is 3.91. The van der Waals surface area contributed by atoms with Crippen LogP contribution in [-0.2, 0) is 6.54 Å². The first kappa shape index (κ1) is 14.8. The molecule has 5 heteroatoms. The van der Waals surface area contributed by atoms with Gasteiger partial charge in [0.1, 0.15) is 0 Å². The lowest BCUT2D eigenvalue weighted by Gasteiger charge is -2.17. The van der Waals surface area contributed by atoms with Crippen LogP contribution in [-0.4, -0.2) is 34.0 Å². The first-order chi connectivity index (χ1) is 11.8. The van der Waals surface area contributed by atoms with Gasteiger partial charge in [0.25, 0.3) is 0 Å². The summed E-state index contributed by atoms with van der Waals surface area (Å²) >= 11 is 0. The molecule has 2 amide bonds. The van der Waals surface area contributed by atoms with Gasteiger partial charge in [-0.1, -0.05) is 36.4 Å². The molecule has 122 valence electrons. The van der Waals surface area contributed by atoms with Gasteiger partial charge in [0, 0.05) is 25.6 Å². The van der Waals surface area contributed by atoms with Crippen molar-refractivity contribution < 1.29 is 4.79 Å². The van der Waals surface area contributed by atoms with E-state index in [0.29, 0.717) is 12.5 Å². The summed E-state index contributed by atoms with van der Waals surface area (Å²) in [6.07, 6.45) is 2.71. The molecule has 4 rings (SSSR count). The second-order valence-electron chi connectivity index (χ2n) is 6.26. The van der Waals surface area contributed by atoms with E-state index in [2.05, 4.69) is 39.6 Å². The number of likely N-dealkylation sites (tertiary alicyclic amines) is 1. The molecule has 1 unspecified atom stereocenters. The number of aromatic amines is 1. The molecule has 1 aliphatic heterocycles. The summed E-state index contributed by atoms with van der Waals surface area (Å²) in [5, 5.41) is 3.02. The van der Waals surface area contributed by atoms with Crippen LogP contribution in [0.3, 0.4) is 0 Å². The van der Waals surface area contributed by atoms with Gasteiger partial charge in [0.05, 0.1) is 17.4 Å². The molecule has 1 aliphatic rings. The maximum absolute atomic E-state index is 12.4. The number of fused-ring (bicyclic) bond motifs is 1. The van der Waals surface area contributed by atoms with Gasteiger partial charge in [-0.15, -0.1) is 0 Å². The Labute approximate surface area is 140 Å². The number of amides is 2. The maximum atomic E-state index is 12.4. The van der Waals surface area contributed by atoms with Gasteiger partial charge in [0.2, 0.25) is 0 Å². The van der Waals surface area contributed by atoms with Gasteiger partial charge in [-0.3, -0.25) is 0 Å². The van der Waals surface area contributed by atoms with Crippen LogP contribution >= 0.6 is 0 Å². The second-order valence-corrected chi connectivity index (χ2v) is 6.26. The number of benzene rings is 2. The van der Waals surface area contributed by atoms with Gasteiger partial charge in [-0.05, 0) is 29.7 Å². The van der Waals surface area contributed by atoms with Crippen LogP contribution in [0.2, 0.25) is 0 Å². The van der Waals surface area contributed by atoms with Crippen molar-refractivity contribution in [3.8, 4) is 0 Å². The van der Waals surface area contributed by atoms with E-state index in [1.807, 2.05) is 29.2 Å². The van der Waals surface area contributed by atoms with E-state index in [1.54, 1.807) is 6.33 Å². The second kappa shape index (κ2) is 6.35. The number of urea groups is 1. The molecule has 1 aromatic heterocycles. The fraction of sp³-hybridized carbons (Fsp3) is 0.263. The van der Waals surface area contributed by atoms with Crippen molar-refractivity contribution >= 4 is 17.1 Å². The minimum absolute atomic E-state index is 0.0122. The van der Waals surface area contributed by atoms with Crippen LogP contribution in [0.4, 0.5) is 4.79 Å². The lowest BCUT2D eigenvalue weighted by molar-refractivity contribution is 0.208. The number of carbonyl (C=O) groups is 1. The van der Waals surface area contributed by atoms with E-state index in [4.69, 9.17) is 0 Å². The Morgan fingerprint density at radius 2 is 2.12 bits per heavy atom. The Balaban J connectivity index is 1.35. The highest BCUT2D eigenvalue weighted by Gasteiger charge is 2.26. The van der Waals surface area contributed by atoms with Crippen molar-refractivity contribution in [3.05, 3.63) is 66.0 Å². The lowest BCUT2D eigenvalue weighted by Crippen LogP contribution is -2.37. The predicted octanol–water partition coefficient (Wildman–Crippen LogP) is 3.26. The molecule has 3 aromatic rings. The van der Waals surface area contributed by atoms with Crippen LogP contribution < -0.4 is 5.32 Å². The SMILES string of the molecule is O=C(NCc1ccc2nc[nH]c2c1)N1CCC(c2ccccc2)C1. The third-order valence-electron chi connectivity index (χ3n) is 4.67. The molecule has 24 heavy (non-hydrogen) atoms. The highest BCUT2D eigenvalue weighted by Crippen LogP contribution is 2.26. The summed E-state index contributed by atoms with van der Waals surface area (Å²) in [7, 11) is 0. The van der Waals surface area contributed by atoms with Crippen LogP contribution in [0, 0.1) is 0 Å². The van der Waals surface area contributed by atoms with Gasteiger partial charge < -0.3 is 15.2 Å². The molecule has 0 aliphatic carbocycles. The number of hydrogen-bond donors (Lipinski definition) is 2. The molecule has 1 fully saturated rings. The zero-order chi connectivity index (χ0) is 16.4. The molecule has 1 saturated heterocycles. The van der Waals surface area contributed by atoms with Gasteiger partial charge in [-0.2, -0.15) is 0 Å². The van der Waals surface area contributed by atoms with Gasteiger partial charge in [-0.25, -0.2) is 9.78 Å². The fourth-order valence-electron chi connectivity index (χ4n) is 3.32. The topological polar surface area (TPSA) is 61.0 Å².